The first-order chi connectivity index (χ1) is 10.6. The molecule has 22 heavy (non-hydrogen) atoms. The summed E-state index contributed by atoms with van der Waals surface area (Å²) in [7, 11) is 0. The summed E-state index contributed by atoms with van der Waals surface area (Å²) >= 11 is 0. The number of rotatable bonds is 2. The molecule has 4 atom stereocenters. The Balaban J connectivity index is 1.75. The van der Waals surface area contributed by atoms with Crippen LogP contribution in [0, 0.1) is 40.7 Å². The molecule has 0 spiro atoms. The standard InChI is InChI=1S/C19H23F2N/c1-2-12-3-4-14-8-15(6-5-13(14)7-12)16-9-18(20)17(11-22)19(21)10-16/h9-10,12-15H,2-8H2,1H3/t12-,13-,14-,15-/m1/s1. The third-order valence-electron chi connectivity index (χ3n) is 5.95. The van der Waals surface area contributed by atoms with Gasteiger partial charge in [-0.3, -0.25) is 0 Å². The van der Waals surface area contributed by atoms with Crippen molar-refractivity contribution in [2.75, 3.05) is 0 Å². The van der Waals surface area contributed by atoms with E-state index in [9.17, 15) is 8.78 Å². The Morgan fingerprint density at radius 3 is 2.32 bits per heavy atom. The van der Waals surface area contributed by atoms with Crippen molar-refractivity contribution in [3.05, 3.63) is 34.9 Å². The van der Waals surface area contributed by atoms with Gasteiger partial charge in [-0.2, -0.15) is 5.26 Å². The summed E-state index contributed by atoms with van der Waals surface area (Å²) in [5.74, 6) is 1.22. The summed E-state index contributed by atoms with van der Waals surface area (Å²) in [6.07, 6.45) is 8.42. The first-order valence-corrected chi connectivity index (χ1v) is 8.51. The van der Waals surface area contributed by atoms with Crippen molar-refractivity contribution in [3.8, 4) is 6.07 Å². The van der Waals surface area contributed by atoms with Gasteiger partial charge in [0, 0.05) is 0 Å². The van der Waals surface area contributed by atoms with Crippen molar-refractivity contribution in [2.24, 2.45) is 17.8 Å². The van der Waals surface area contributed by atoms with Crippen molar-refractivity contribution in [2.45, 2.75) is 57.8 Å². The second kappa shape index (κ2) is 6.36. The highest BCUT2D eigenvalue weighted by Crippen LogP contribution is 2.48. The van der Waals surface area contributed by atoms with Crippen LogP contribution in [0.5, 0.6) is 0 Å². The molecule has 0 bridgehead atoms. The van der Waals surface area contributed by atoms with Crippen molar-refractivity contribution in [3.63, 3.8) is 0 Å². The highest BCUT2D eigenvalue weighted by atomic mass is 19.1. The van der Waals surface area contributed by atoms with Crippen LogP contribution >= 0.6 is 0 Å². The molecule has 0 amide bonds. The van der Waals surface area contributed by atoms with E-state index in [0.717, 1.165) is 30.2 Å². The SMILES string of the molecule is CC[C@@H]1CC[C@@H]2C[C@H](c3cc(F)c(C#N)c(F)c3)CC[C@@H]2C1. The monoisotopic (exact) mass is 303 g/mol. The molecule has 0 unspecified atom stereocenters. The number of nitrogens with zero attached hydrogens (tertiary/aromatic N) is 1. The molecule has 3 heteroatoms. The van der Waals surface area contributed by atoms with Gasteiger partial charge in [0.05, 0.1) is 0 Å². The van der Waals surface area contributed by atoms with Crippen molar-refractivity contribution < 1.29 is 8.78 Å². The average Bonchev–Trinajstić information content (AvgIpc) is 2.53. The molecule has 1 aromatic rings. The van der Waals surface area contributed by atoms with Gasteiger partial charge in [-0.25, -0.2) is 8.78 Å². The summed E-state index contributed by atoms with van der Waals surface area (Å²) in [6.45, 7) is 2.28. The zero-order valence-corrected chi connectivity index (χ0v) is 13.1. The molecule has 2 fully saturated rings. The molecule has 118 valence electrons. The first kappa shape index (κ1) is 15.5. The van der Waals surface area contributed by atoms with Gasteiger partial charge in [-0.1, -0.05) is 19.8 Å². The zero-order valence-electron chi connectivity index (χ0n) is 13.1. The number of fused-ring (bicyclic) bond motifs is 1. The molecule has 1 nitrogen and oxygen atoms in total. The third kappa shape index (κ3) is 2.89. The lowest BCUT2D eigenvalue weighted by molar-refractivity contribution is 0.116. The van der Waals surface area contributed by atoms with E-state index < -0.39 is 17.2 Å². The molecule has 1 aromatic carbocycles. The number of benzene rings is 1. The molecule has 0 N–H and O–H groups in total. The van der Waals surface area contributed by atoms with Gasteiger partial charge in [0.2, 0.25) is 0 Å². The molecule has 2 aliphatic rings. The van der Waals surface area contributed by atoms with Crippen LogP contribution in [0.3, 0.4) is 0 Å². The zero-order chi connectivity index (χ0) is 15.7. The predicted octanol–water partition coefficient (Wildman–Crippen LogP) is 5.55. The molecule has 2 aliphatic carbocycles. The summed E-state index contributed by atoms with van der Waals surface area (Å²) < 4.78 is 27.7. The molecule has 0 saturated heterocycles. The van der Waals surface area contributed by atoms with E-state index in [0.29, 0.717) is 5.92 Å². The maximum Gasteiger partial charge on any atom is 0.144 e. The fourth-order valence-electron chi connectivity index (χ4n) is 4.60. The van der Waals surface area contributed by atoms with Gasteiger partial charge in [-0.15, -0.1) is 0 Å². The Labute approximate surface area is 131 Å². The van der Waals surface area contributed by atoms with E-state index in [-0.39, 0.29) is 5.92 Å². The topological polar surface area (TPSA) is 23.8 Å². The largest absolute Gasteiger partial charge is 0.205 e. The molecule has 0 heterocycles. The Bertz CT molecular complexity index is 567. The minimum absolute atomic E-state index is 0.246. The molecule has 0 aromatic heterocycles. The van der Waals surface area contributed by atoms with Crippen LogP contribution in [0.15, 0.2) is 12.1 Å². The van der Waals surface area contributed by atoms with E-state index in [1.54, 1.807) is 6.07 Å². The molecule has 0 aliphatic heterocycles. The van der Waals surface area contributed by atoms with Gasteiger partial charge < -0.3 is 0 Å². The third-order valence-corrected chi connectivity index (χ3v) is 5.95. The van der Waals surface area contributed by atoms with Crippen molar-refractivity contribution in [1.29, 1.82) is 5.26 Å². The maximum atomic E-state index is 13.8. The Morgan fingerprint density at radius 2 is 1.68 bits per heavy atom. The fourth-order valence-corrected chi connectivity index (χ4v) is 4.60. The number of hydrogen-bond donors (Lipinski definition) is 0. The molecular weight excluding hydrogens is 280 g/mol. The van der Waals surface area contributed by atoms with Crippen LogP contribution in [0.2, 0.25) is 0 Å². The smallest absolute Gasteiger partial charge is 0.144 e. The van der Waals surface area contributed by atoms with Crippen LogP contribution < -0.4 is 0 Å². The molecule has 2 saturated carbocycles. The minimum Gasteiger partial charge on any atom is -0.205 e. The summed E-state index contributed by atoms with van der Waals surface area (Å²) in [5, 5.41) is 8.77. The summed E-state index contributed by atoms with van der Waals surface area (Å²) in [4.78, 5) is 0. The van der Waals surface area contributed by atoms with Crippen LogP contribution in [-0.4, -0.2) is 0 Å². The van der Waals surface area contributed by atoms with Gasteiger partial charge in [-0.05, 0) is 73.5 Å². The van der Waals surface area contributed by atoms with E-state index >= 15 is 0 Å². The minimum atomic E-state index is -0.714. The van der Waals surface area contributed by atoms with Crippen LogP contribution in [0.1, 0.15) is 68.9 Å². The second-order valence-corrected chi connectivity index (χ2v) is 7.09. The predicted molar refractivity (Wildman–Crippen MR) is 82.3 cm³/mol. The van der Waals surface area contributed by atoms with Crippen LogP contribution in [-0.2, 0) is 0 Å². The number of hydrogen-bond acceptors (Lipinski definition) is 1. The van der Waals surface area contributed by atoms with E-state index in [1.807, 2.05) is 0 Å². The molecule has 3 rings (SSSR count). The lowest BCUT2D eigenvalue weighted by atomic mass is 9.63. The normalized spacial score (nSPS) is 31.4. The highest BCUT2D eigenvalue weighted by Gasteiger charge is 2.35. The Hall–Kier alpha value is -1.43. The average molecular weight is 303 g/mol. The fraction of sp³-hybridized carbons (Fsp3) is 0.632. The second-order valence-electron chi connectivity index (χ2n) is 7.09. The summed E-state index contributed by atoms with van der Waals surface area (Å²) in [5.41, 5.74) is 0.283. The van der Waals surface area contributed by atoms with Gasteiger partial charge in [0.25, 0.3) is 0 Å². The molecular formula is C19H23F2N. The lowest BCUT2D eigenvalue weighted by Crippen LogP contribution is -2.30. The van der Waals surface area contributed by atoms with Crippen molar-refractivity contribution in [1.82, 2.24) is 0 Å². The first-order valence-electron chi connectivity index (χ1n) is 8.51. The van der Waals surface area contributed by atoms with E-state index in [4.69, 9.17) is 5.26 Å². The maximum absolute atomic E-state index is 13.8. The summed E-state index contributed by atoms with van der Waals surface area (Å²) in [6, 6.07) is 4.36. The number of halogens is 2. The van der Waals surface area contributed by atoms with Gasteiger partial charge in [0.1, 0.15) is 23.3 Å². The van der Waals surface area contributed by atoms with Gasteiger partial charge in [0.15, 0.2) is 0 Å². The van der Waals surface area contributed by atoms with Crippen LogP contribution in [0.25, 0.3) is 0 Å². The van der Waals surface area contributed by atoms with E-state index in [2.05, 4.69) is 6.92 Å². The van der Waals surface area contributed by atoms with Crippen molar-refractivity contribution >= 4 is 0 Å². The molecule has 0 radical (unpaired) electrons. The quantitative estimate of drug-likeness (QED) is 0.703. The van der Waals surface area contributed by atoms with E-state index in [1.165, 1.54) is 44.2 Å². The Morgan fingerprint density at radius 1 is 1.05 bits per heavy atom. The van der Waals surface area contributed by atoms with Gasteiger partial charge >= 0.3 is 0 Å². The Kier molecular flexibility index (Phi) is 4.47. The number of nitriles is 1. The lowest BCUT2D eigenvalue weighted by Gasteiger charge is -2.42. The van der Waals surface area contributed by atoms with Crippen LogP contribution in [0.4, 0.5) is 8.78 Å². The highest BCUT2D eigenvalue weighted by molar-refractivity contribution is 5.36.